The highest BCUT2D eigenvalue weighted by molar-refractivity contribution is 4.88. The molecule has 0 bridgehead atoms. The molecule has 1 aliphatic carbocycles. The van der Waals surface area contributed by atoms with E-state index >= 15 is 0 Å². The van der Waals surface area contributed by atoms with Gasteiger partial charge in [0.05, 0.1) is 12.2 Å². The van der Waals surface area contributed by atoms with Crippen molar-refractivity contribution in [3.05, 3.63) is 0 Å². The zero-order valence-corrected chi connectivity index (χ0v) is 8.20. The molecule has 3 nitrogen and oxygen atoms in total. The summed E-state index contributed by atoms with van der Waals surface area (Å²) in [7, 11) is 0. The Balaban J connectivity index is 1.69. The van der Waals surface area contributed by atoms with E-state index in [1.807, 2.05) is 0 Å². The van der Waals surface area contributed by atoms with Crippen molar-refractivity contribution >= 4 is 0 Å². The minimum atomic E-state index is -0.0465. The first-order valence-corrected chi connectivity index (χ1v) is 5.30. The van der Waals surface area contributed by atoms with Crippen LogP contribution in [-0.4, -0.2) is 36.0 Å². The summed E-state index contributed by atoms with van der Waals surface area (Å²) in [6.45, 7) is 3.01. The van der Waals surface area contributed by atoms with E-state index in [0.717, 1.165) is 32.3 Å². The lowest BCUT2D eigenvalue weighted by molar-refractivity contribution is -0.000665. The van der Waals surface area contributed by atoms with Crippen molar-refractivity contribution in [1.29, 1.82) is 0 Å². The third kappa shape index (κ3) is 2.42. The normalized spacial score (nSPS) is 45.7. The van der Waals surface area contributed by atoms with Crippen molar-refractivity contribution in [3.63, 3.8) is 0 Å². The summed E-state index contributed by atoms with van der Waals surface area (Å²) in [5.74, 6) is 0. The molecule has 2 unspecified atom stereocenters. The van der Waals surface area contributed by atoms with Gasteiger partial charge < -0.3 is 15.2 Å². The summed E-state index contributed by atoms with van der Waals surface area (Å²) in [5.41, 5.74) is 0. The van der Waals surface area contributed by atoms with Gasteiger partial charge in [-0.15, -0.1) is 0 Å². The second-order valence-electron chi connectivity index (χ2n) is 4.39. The van der Waals surface area contributed by atoms with Crippen molar-refractivity contribution in [3.8, 4) is 0 Å². The molecule has 0 aromatic heterocycles. The van der Waals surface area contributed by atoms with Crippen molar-refractivity contribution in [2.75, 3.05) is 6.61 Å². The maximum absolute atomic E-state index is 9.14. The Morgan fingerprint density at radius 1 is 1.23 bits per heavy atom. The van der Waals surface area contributed by atoms with Crippen LogP contribution in [0.1, 0.15) is 32.6 Å². The average Bonchev–Trinajstić information content (AvgIpc) is 2.01. The second kappa shape index (κ2) is 3.95. The van der Waals surface area contributed by atoms with E-state index in [1.54, 1.807) is 0 Å². The minimum absolute atomic E-state index is 0.0465. The Labute approximate surface area is 79.5 Å². The van der Waals surface area contributed by atoms with E-state index in [0.29, 0.717) is 18.2 Å². The molecule has 76 valence electrons. The lowest BCUT2D eigenvalue weighted by Crippen LogP contribution is -2.50. The molecule has 0 aromatic carbocycles. The van der Waals surface area contributed by atoms with Gasteiger partial charge in [0.2, 0.25) is 0 Å². The first-order valence-electron chi connectivity index (χ1n) is 5.30. The van der Waals surface area contributed by atoms with E-state index in [4.69, 9.17) is 9.84 Å². The maximum atomic E-state index is 9.14. The van der Waals surface area contributed by atoms with Crippen LogP contribution in [0.4, 0.5) is 0 Å². The summed E-state index contributed by atoms with van der Waals surface area (Å²) in [5, 5.41) is 12.7. The highest BCUT2D eigenvalue weighted by Gasteiger charge is 2.30. The van der Waals surface area contributed by atoms with Gasteiger partial charge in [-0.1, -0.05) is 0 Å². The van der Waals surface area contributed by atoms with Gasteiger partial charge in [-0.25, -0.2) is 0 Å². The maximum Gasteiger partial charge on any atom is 0.0570 e. The van der Waals surface area contributed by atoms with Crippen molar-refractivity contribution in [2.45, 2.75) is 56.9 Å². The number of rotatable bonds is 2. The standard InChI is InChI=1S/C10H19NO2/c1-7-4-8(2-3-13-7)11-9-5-10(12)6-9/h7-12H,2-6H2,1H3. The van der Waals surface area contributed by atoms with Gasteiger partial charge in [-0.2, -0.15) is 0 Å². The van der Waals surface area contributed by atoms with Gasteiger partial charge in [0.15, 0.2) is 0 Å². The van der Waals surface area contributed by atoms with Crippen molar-refractivity contribution < 1.29 is 9.84 Å². The molecule has 0 amide bonds. The summed E-state index contributed by atoms with van der Waals surface area (Å²) in [4.78, 5) is 0. The molecule has 2 N–H and O–H groups in total. The summed E-state index contributed by atoms with van der Waals surface area (Å²) in [6.07, 6.45) is 4.46. The Kier molecular flexibility index (Phi) is 2.86. The zero-order valence-electron chi connectivity index (χ0n) is 8.20. The lowest BCUT2D eigenvalue weighted by atomic mass is 9.88. The van der Waals surface area contributed by atoms with Crippen LogP contribution in [0.5, 0.6) is 0 Å². The van der Waals surface area contributed by atoms with Gasteiger partial charge in [-0.05, 0) is 32.6 Å². The quantitative estimate of drug-likeness (QED) is 0.664. The minimum Gasteiger partial charge on any atom is -0.393 e. The third-order valence-corrected chi connectivity index (χ3v) is 3.07. The van der Waals surface area contributed by atoms with Crippen LogP contribution in [-0.2, 0) is 4.74 Å². The Hall–Kier alpha value is -0.120. The summed E-state index contributed by atoms with van der Waals surface area (Å²) < 4.78 is 5.47. The number of ether oxygens (including phenoxy) is 1. The van der Waals surface area contributed by atoms with Gasteiger partial charge in [0.1, 0.15) is 0 Å². The monoisotopic (exact) mass is 185 g/mol. The Morgan fingerprint density at radius 3 is 2.62 bits per heavy atom. The van der Waals surface area contributed by atoms with Crippen LogP contribution in [0.15, 0.2) is 0 Å². The van der Waals surface area contributed by atoms with E-state index in [-0.39, 0.29) is 6.10 Å². The average molecular weight is 185 g/mol. The topological polar surface area (TPSA) is 41.5 Å². The fraction of sp³-hybridized carbons (Fsp3) is 1.00. The molecule has 3 heteroatoms. The zero-order chi connectivity index (χ0) is 9.26. The van der Waals surface area contributed by atoms with Crippen LogP contribution >= 0.6 is 0 Å². The highest BCUT2D eigenvalue weighted by atomic mass is 16.5. The van der Waals surface area contributed by atoms with E-state index in [1.165, 1.54) is 0 Å². The van der Waals surface area contributed by atoms with Crippen LogP contribution < -0.4 is 5.32 Å². The third-order valence-electron chi connectivity index (χ3n) is 3.07. The largest absolute Gasteiger partial charge is 0.393 e. The first kappa shape index (κ1) is 9.44. The van der Waals surface area contributed by atoms with E-state index < -0.39 is 0 Å². The number of aliphatic hydroxyl groups excluding tert-OH is 1. The predicted octanol–water partition coefficient (Wildman–Crippen LogP) is 0.667. The van der Waals surface area contributed by atoms with Crippen LogP contribution in [0, 0.1) is 0 Å². The number of aliphatic hydroxyl groups is 1. The van der Waals surface area contributed by atoms with Gasteiger partial charge in [0, 0.05) is 18.7 Å². The molecule has 1 aliphatic heterocycles. The highest BCUT2D eigenvalue weighted by Crippen LogP contribution is 2.22. The summed E-state index contributed by atoms with van der Waals surface area (Å²) >= 11 is 0. The van der Waals surface area contributed by atoms with E-state index in [9.17, 15) is 0 Å². The molecular formula is C10H19NO2. The molecule has 0 aromatic rings. The van der Waals surface area contributed by atoms with Gasteiger partial charge in [0.25, 0.3) is 0 Å². The van der Waals surface area contributed by atoms with Crippen LogP contribution in [0.25, 0.3) is 0 Å². The molecule has 0 radical (unpaired) electrons. The molecule has 2 aliphatic rings. The van der Waals surface area contributed by atoms with E-state index in [2.05, 4.69) is 12.2 Å². The second-order valence-corrected chi connectivity index (χ2v) is 4.39. The molecule has 2 atom stereocenters. The predicted molar refractivity (Wildman–Crippen MR) is 50.6 cm³/mol. The van der Waals surface area contributed by atoms with Crippen molar-refractivity contribution in [1.82, 2.24) is 5.32 Å². The Morgan fingerprint density at radius 2 is 2.00 bits per heavy atom. The molecule has 2 rings (SSSR count). The van der Waals surface area contributed by atoms with Crippen LogP contribution in [0.2, 0.25) is 0 Å². The smallest absolute Gasteiger partial charge is 0.0570 e. The number of hydrogen-bond acceptors (Lipinski definition) is 3. The fourth-order valence-electron chi connectivity index (χ4n) is 2.21. The molecule has 2 fully saturated rings. The number of nitrogens with one attached hydrogen (secondary N) is 1. The SMILES string of the molecule is CC1CC(NC2CC(O)C2)CCO1. The molecular weight excluding hydrogens is 166 g/mol. The Bertz CT molecular complexity index is 168. The molecule has 1 heterocycles. The summed E-state index contributed by atoms with van der Waals surface area (Å²) in [6, 6.07) is 1.17. The molecule has 0 spiro atoms. The number of hydrogen-bond donors (Lipinski definition) is 2. The van der Waals surface area contributed by atoms with Crippen LogP contribution in [0.3, 0.4) is 0 Å². The molecule has 1 saturated heterocycles. The lowest BCUT2D eigenvalue weighted by Gasteiger charge is -2.37. The molecule has 13 heavy (non-hydrogen) atoms. The molecule has 1 saturated carbocycles. The van der Waals surface area contributed by atoms with Crippen molar-refractivity contribution in [2.24, 2.45) is 0 Å². The fourth-order valence-corrected chi connectivity index (χ4v) is 2.21. The van der Waals surface area contributed by atoms with Gasteiger partial charge >= 0.3 is 0 Å². The first-order chi connectivity index (χ1) is 6.24. The van der Waals surface area contributed by atoms with Gasteiger partial charge in [-0.3, -0.25) is 0 Å².